The van der Waals surface area contributed by atoms with Crippen molar-refractivity contribution >= 4 is 70.1 Å². The fraction of sp³-hybridized carbons (Fsp3) is 0.0175. The van der Waals surface area contributed by atoms with Crippen molar-refractivity contribution in [3.63, 3.8) is 0 Å². The number of fused-ring (bicyclic) bond motifs is 16. The quantitative estimate of drug-likeness (QED) is 0.172. The van der Waals surface area contributed by atoms with E-state index in [9.17, 15) is 0 Å². The van der Waals surface area contributed by atoms with Gasteiger partial charge in [-0.15, -0.1) is 11.3 Å². The molecule has 0 N–H and O–H groups in total. The van der Waals surface area contributed by atoms with Crippen LogP contribution in [0, 0.1) is 0 Å². The lowest BCUT2D eigenvalue weighted by atomic mass is 9.70. The van der Waals surface area contributed by atoms with Crippen LogP contribution in [0.1, 0.15) is 22.3 Å². The maximum absolute atomic E-state index is 2.55. The van der Waals surface area contributed by atoms with Crippen molar-refractivity contribution < 1.29 is 0 Å². The molecule has 1 spiro atoms. The Kier molecular flexibility index (Phi) is 6.87. The first-order chi connectivity index (χ1) is 29.3. The van der Waals surface area contributed by atoms with E-state index in [0.717, 1.165) is 5.69 Å². The van der Waals surface area contributed by atoms with E-state index in [4.69, 9.17) is 0 Å². The zero-order valence-corrected chi connectivity index (χ0v) is 32.9. The second-order valence-corrected chi connectivity index (χ2v) is 17.0. The molecule has 274 valence electrons. The predicted octanol–water partition coefficient (Wildman–Crippen LogP) is 15.8. The van der Waals surface area contributed by atoms with Gasteiger partial charge in [-0.3, -0.25) is 0 Å². The normalized spacial score (nSPS) is 13.2. The first-order valence-electron chi connectivity index (χ1n) is 20.4. The van der Waals surface area contributed by atoms with Crippen molar-refractivity contribution in [3.8, 4) is 33.4 Å². The third-order valence-electron chi connectivity index (χ3n) is 13.1. The number of anilines is 3. The molecule has 1 nitrogen and oxygen atoms in total. The minimum Gasteiger partial charge on any atom is -0.308 e. The number of benzene rings is 10. The number of hydrogen-bond acceptors (Lipinski definition) is 2. The zero-order chi connectivity index (χ0) is 38.7. The molecule has 0 saturated carbocycles. The average molecular weight is 766 g/mol. The third kappa shape index (κ3) is 4.44. The van der Waals surface area contributed by atoms with Crippen LogP contribution in [0.3, 0.4) is 0 Å². The van der Waals surface area contributed by atoms with Crippen molar-refractivity contribution in [1.29, 1.82) is 0 Å². The molecule has 0 atom stereocenters. The topological polar surface area (TPSA) is 3.24 Å². The molecule has 1 heterocycles. The van der Waals surface area contributed by atoms with Gasteiger partial charge in [-0.2, -0.15) is 0 Å². The summed E-state index contributed by atoms with van der Waals surface area (Å²) in [7, 11) is 0. The molecular weight excluding hydrogens is 731 g/mol. The van der Waals surface area contributed by atoms with E-state index in [-0.39, 0.29) is 0 Å². The summed E-state index contributed by atoms with van der Waals surface area (Å²) in [6, 6.07) is 79.2. The van der Waals surface area contributed by atoms with E-state index < -0.39 is 5.41 Å². The van der Waals surface area contributed by atoms with Gasteiger partial charge >= 0.3 is 0 Å². The van der Waals surface area contributed by atoms with Crippen LogP contribution in [-0.2, 0) is 5.41 Å². The summed E-state index contributed by atoms with van der Waals surface area (Å²) in [5.74, 6) is 0. The van der Waals surface area contributed by atoms with Crippen LogP contribution >= 0.6 is 11.3 Å². The molecule has 2 aliphatic carbocycles. The smallest absolute Gasteiger partial charge is 0.0726 e. The summed E-state index contributed by atoms with van der Waals surface area (Å²) >= 11 is 1.90. The fourth-order valence-electron chi connectivity index (χ4n) is 10.7. The lowest BCUT2D eigenvalue weighted by molar-refractivity contribution is 0.794. The standard InChI is InChI=1S/C57H35NS/c1-3-17-40-36(14-1)16-11-22-41(40)38-30-33-39(34-31-38)58(52-29-12-23-46-54-42-18-4-2-15-37(42)32-35-53(54)59-56(46)52)51-28-13-27-50-55(51)45-21-7-10-26-49(45)57(50)47-24-8-5-19-43(47)44-20-6-9-25-48(44)57/h1-35H. The minimum absolute atomic E-state index is 0.429. The highest BCUT2D eigenvalue weighted by atomic mass is 32.1. The molecular formula is C57H35NS. The molecule has 1 aromatic heterocycles. The summed E-state index contributed by atoms with van der Waals surface area (Å²) in [5.41, 5.74) is 16.1. The van der Waals surface area contributed by atoms with Crippen molar-refractivity contribution in [2.75, 3.05) is 4.90 Å². The van der Waals surface area contributed by atoms with Crippen LogP contribution < -0.4 is 4.90 Å². The molecule has 0 saturated heterocycles. The summed E-state index contributed by atoms with van der Waals surface area (Å²) in [5, 5.41) is 7.71. The molecule has 2 aliphatic rings. The summed E-state index contributed by atoms with van der Waals surface area (Å²) < 4.78 is 2.59. The number of hydrogen-bond donors (Lipinski definition) is 0. The van der Waals surface area contributed by atoms with Gasteiger partial charge in [-0.1, -0.05) is 182 Å². The summed E-state index contributed by atoms with van der Waals surface area (Å²) in [6.07, 6.45) is 0. The van der Waals surface area contributed by atoms with Crippen molar-refractivity contribution in [1.82, 2.24) is 0 Å². The Bertz CT molecular complexity index is 3470. The Balaban J connectivity index is 1.10. The number of nitrogens with zero attached hydrogens (tertiary/aromatic N) is 1. The average Bonchev–Trinajstić information content (AvgIpc) is 3.94. The first kappa shape index (κ1) is 32.8. The monoisotopic (exact) mass is 765 g/mol. The molecule has 0 bridgehead atoms. The van der Waals surface area contributed by atoms with Crippen molar-refractivity contribution in [3.05, 3.63) is 235 Å². The van der Waals surface area contributed by atoms with E-state index in [0.29, 0.717) is 0 Å². The van der Waals surface area contributed by atoms with Gasteiger partial charge in [0.05, 0.1) is 21.5 Å². The Morgan fingerprint density at radius 2 is 0.881 bits per heavy atom. The van der Waals surface area contributed by atoms with Gasteiger partial charge in [-0.05, 0) is 102 Å². The molecule has 11 aromatic rings. The molecule has 10 aromatic carbocycles. The lowest BCUT2D eigenvalue weighted by Crippen LogP contribution is -2.26. The van der Waals surface area contributed by atoms with Gasteiger partial charge in [0, 0.05) is 26.7 Å². The molecule has 2 heteroatoms. The highest BCUT2D eigenvalue weighted by molar-refractivity contribution is 7.26. The van der Waals surface area contributed by atoms with Crippen LogP contribution in [0.4, 0.5) is 17.1 Å². The Morgan fingerprint density at radius 3 is 1.64 bits per heavy atom. The van der Waals surface area contributed by atoms with Gasteiger partial charge in [-0.25, -0.2) is 0 Å². The van der Waals surface area contributed by atoms with Gasteiger partial charge in [0.2, 0.25) is 0 Å². The molecule has 13 rings (SSSR count). The van der Waals surface area contributed by atoms with Gasteiger partial charge in [0.1, 0.15) is 0 Å². The van der Waals surface area contributed by atoms with Crippen molar-refractivity contribution in [2.24, 2.45) is 0 Å². The number of thiophene rings is 1. The Hall–Kier alpha value is -7.26. The Morgan fingerprint density at radius 1 is 0.356 bits per heavy atom. The van der Waals surface area contributed by atoms with Crippen LogP contribution in [0.5, 0.6) is 0 Å². The Labute approximate surface area is 346 Å². The van der Waals surface area contributed by atoms with Gasteiger partial charge < -0.3 is 4.90 Å². The highest BCUT2D eigenvalue weighted by Crippen LogP contribution is 2.65. The van der Waals surface area contributed by atoms with Crippen LogP contribution in [0.25, 0.3) is 75.1 Å². The molecule has 0 amide bonds. The van der Waals surface area contributed by atoms with Crippen LogP contribution in [0.15, 0.2) is 212 Å². The molecule has 0 fully saturated rings. The third-order valence-corrected chi connectivity index (χ3v) is 14.3. The SMILES string of the molecule is c1ccc2c(c1)-c1ccccc1C21c2ccccc2-c2c(N(c3ccc(-c4cccc5ccccc45)cc3)c3cccc4c3sc3ccc5ccccc5c34)cccc21. The fourth-order valence-corrected chi connectivity index (χ4v) is 11.9. The minimum atomic E-state index is -0.429. The predicted molar refractivity (Wildman–Crippen MR) is 251 cm³/mol. The van der Waals surface area contributed by atoms with E-state index in [1.807, 2.05) is 11.3 Å². The molecule has 59 heavy (non-hydrogen) atoms. The molecule has 0 aliphatic heterocycles. The summed E-state index contributed by atoms with van der Waals surface area (Å²) in [4.78, 5) is 2.55. The van der Waals surface area contributed by atoms with E-state index in [2.05, 4.69) is 217 Å². The van der Waals surface area contributed by atoms with E-state index >= 15 is 0 Å². The zero-order valence-electron chi connectivity index (χ0n) is 32.1. The van der Waals surface area contributed by atoms with Gasteiger partial charge in [0.15, 0.2) is 0 Å². The second-order valence-electron chi connectivity index (χ2n) is 15.9. The van der Waals surface area contributed by atoms with E-state index in [1.54, 1.807) is 0 Å². The highest BCUT2D eigenvalue weighted by Gasteiger charge is 2.52. The largest absolute Gasteiger partial charge is 0.308 e. The molecule has 0 unspecified atom stereocenters. The molecule has 0 radical (unpaired) electrons. The second kappa shape index (κ2) is 12.4. The van der Waals surface area contributed by atoms with Crippen LogP contribution in [-0.4, -0.2) is 0 Å². The van der Waals surface area contributed by atoms with Gasteiger partial charge in [0.25, 0.3) is 0 Å². The maximum atomic E-state index is 2.55. The lowest BCUT2D eigenvalue weighted by Gasteiger charge is -2.32. The maximum Gasteiger partial charge on any atom is 0.0726 e. The van der Waals surface area contributed by atoms with E-state index in [1.165, 1.54) is 109 Å². The van der Waals surface area contributed by atoms with Crippen LogP contribution in [0.2, 0.25) is 0 Å². The van der Waals surface area contributed by atoms with Crippen molar-refractivity contribution in [2.45, 2.75) is 5.41 Å². The summed E-state index contributed by atoms with van der Waals surface area (Å²) in [6.45, 7) is 0. The first-order valence-corrected chi connectivity index (χ1v) is 21.2. The number of rotatable bonds is 4.